The maximum Gasteiger partial charge on any atom is 0.319 e. The van der Waals surface area contributed by atoms with Gasteiger partial charge in [0.1, 0.15) is 23.3 Å². The van der Waals surface area contributed by atoms with Crippen LogP contribution in [0, 0.1) is 34.5 Å². The van der Waals surface area contributed by atoms with Crippen LogP contribution in [0.2, 0.25) is 0 Å². The van der Waals surface area contributed by atoms with E-state index in [-0.39, 0.29) is 0 Å². The molecular formula is C27H24F2N4O2. The molecule has 0 spiro atoms. The minimum Gasteiger partial charge on any atom is -0.462 e. The van der Waals surface area contributed by atoms with Crippen LogP contribution in [0.4, 0.5) is 8.78 Å². The number of carbonyl (C=O) groups excluding carboxylic acids is 1. The number of nitrogens with zero attached hydrogens (tertiary/aromatic N) is 4. The Morgan fingerprint density at radius 2 is 2.06 bits per heavy atom. The average molecular weight is 475 g/mol. The van der Waals surface area contributed by atoms with Crippen molar-refractivity contribution in [3.05, 3.63) is 66.3 Å². The van der Waals surface area contributed by atoms with E-state index in [1.54, 1.807) is 61.8 Å². The molecule has 0 unspecified atom stereocenters. The van der Waals surface area contributed by atoms with Gasteiger partial charge in [0, 0.05) is 41.8 Å². The maximum atomic E-state index is 15.4. The van der Waals surface area contributed by atoms with Crippen LogP contribution in [0.3, 0.4) is 0 Å². The quantitative estimate of drug-likeness (QED) is 0.590. The Morgan fingerprint density at radius 3 is 2.74 bits per heavy atom. The molecule has 0 N–H and O–H groups in total. The number of cyclic esters (lactones) is 1. The van der Waals surface area contributed by atoms with Crippen molar-refractivity contribution in [2.75, 3.05) is 6.54 Å². The van der Waals surface area contributed by atoms with Crippen LogP contribution in [0.1, 0.15) is 31.7 Å². The third-order valence-electron chi connectivity index (χ3n) is 7.50. The third kappa shape index (κ3) is 3.66. The van der Waals surface area contributed by atoms with Gasteiger partial charge in [0.15, 0.2) is 0 Å². The van der Waals surface area contributed by atoms with Gasteiger partial charge in [0.25, 0.3) is 5.92 Å². The maximum absolute atomic E-state index is 15.4. The van der Waals surface area contributed by atoms with Crippen molar-refractivity contribution >= 4 is 17.8 Å². The van der Waals surface area contributed by atoms with E-state index < -0.39 is 47.6 Å². The Bertz CT molecular complexity index is 1300. The van der Waals surface area contributed by atoms with Crippen molar-refractivity contribution in [3.63, 3.8) is 0 Å². The normalized spacial score (nSPS) is 31.2. The van der Waals surface area contributed by atoms with Crippen molar-refractivity contribution in [2.24, 2.45) is 28.2 Å². The molecule has 0 amide bonds. The number of fused-ring (bicyclic) bond motifs is 1. The molecule has 0 bridgehead atoms. The largest absolute Gasteiger partial charge is 0.462 e. The molecule has 0 aromatic carbocycles. The fraction of sp³-hybridized carbons (Fsp3) is 0.370. The highest BCUT2D eigenvalue weighted by molar-refractivity contribution is 6.14. The van der Waals surface area contributed by atoms with Gasteiger partial charge in [-0.3, -0.25) is 14.8 Å². The first-order chi connectivity index (χ1) is 16.8. The summed E-state index contributed by atoms with van der Waals surface area (Å²) in [5, 5.41) is 9.29. The fourth-order valence-corrected chi connectivity index (χ4v) is 5.75. The molecular weight excluding hydrogens is 450 g/mol. The molecule has 5 rings (SSSR count). The van der Waals surface area contributed by atoms with E-state index in [9.17, 15) is 10.1 Å². The highest BCUT2D eigenvalue weighted by Crippen LogP contribution is 2.60. The number of esters is 1. The fourth-order valence-electron chi connectivity index (χ4n) is 5.75. The second-order valence-electron chi connectivity index (χ2n) is 9.38. The first-order valence-electron chi connectivity index (χ1n) is 11.6. The lowest BCUT2D eigenvalue weighted by atomic mass is 9.55. The molecule has 2 aromatic rings. The molecule has 1 saturated heterocycles. The lowest BCUT2D eigenvalue weighted by molar-refractivity contribution is -0.159. The Hall–Kier alpha value is -3.73. The molecule has 5 atom stereocenters. The minimum absolute atomic E-state index is 0.302. The average Bonchev–Trinajstić information content (AvgIpc) is 3.47. The van der Waals surface area contributed by atoms with E-state index in [2.05, 4.69) is 21.0 Å². The molecule has 2 fully saturated rings. The monoisotopic (exact) mass is 474 g/mol. The van der Waals surface area contributed by atoms with Crippen LogP contribution >= 0.6 is 0 Å². The number of pyridine rings is 2. The van der Waals surface area contributed by atoms with E-state index in [1.165, 1.54) is 6.92 Å². The lowest BCUT2D eigenvalue weighted by Gasteiger charge is -2.47. The topological polar surface area (TPSA) is 88.2 Å². The number of hydrogen-bond acceptors (Lipinski definition) is 6. The Kier molecular flexibility index (Phi) is 5.59. The number of alkyl halides is 2. The summed E-state index contributed by atoms with van der Waals surface area (Å²) in [6, 6.07) is 9.19. The SMILES string of the molecule is C[C@H]1OC(=O)[C@]2(C3=NCC=C3)CC(F)(F)[C@@H](C)[C@H](/C=C/c3ccc(-c4cccnc4C#N)cn3)[C@H]12. The number of allylic oxidation sites excluding steroid dienone is 2. The van der Waals surface area contributed by atoms with Gasteiger partial charge >= 0.3 is 5.97 Å². The van der Waals surface area contributed by atoms with Crippen molar-refractivity contribution in [3.8, 4) is 17.2 Å². The number of hydrogen-bond donors (Lipinski definition) is 0. The van der Waals surface area contributed by atoms with Gasteiger partial charge in [0.2, 0.25) is 0 Å². The first kappa shape index (κ1) is 23.0. The van der Waals surface area contributed by atoms with Crippen LogP contribution in [0.5, 0.6) is 0 Å². The van der Waals surface area contributed by atoms with Gasteiger partial charge in [-0.1, -0.05) is 25.1 Å². The van der Waals surface area contributed by atoms with E-state index in [1.807, 2.05) is 6.07 Å². The van der Waals surface area contributed by atoms with Crippen LogP contribution in [0.15, 0.2) is 59.9 Å². The number of aliphatic imine (C=N–C) groups is 1. The molecule has 1 saturated carbocycles. The zero-order valence-corrected chi connectivity index (χ0v) is 19.4. The first-order valence-corrected chi connectivity index (χ1v) is 11.6. The second-order valence-corrected chi connectivity index (χ2v) is 9.38. The Morgan fingerprint density at radius 1 is 1.23 bits per heavy atom. The summed E-state index contributed by atoms with van der Waals surface area (Å²) < 4.78 is 36.3. The van der Waals surface area contributed by atoms with Gasteiger partial charge in [-0.15, -0.1) is 0 Å². The second kappa shape index (κ2) is 8.49. The number of ether oxygens (including phenoxy) is 1. The standard InChI is InChI=1S/C27H24F2N4O2/c1-16-20(10-9-19-8-7-18(14-33-19)21-5-3-11-31-22(21)13-30)24-17(2)35-25(34)26(24,15-27(16,28)29)23-6-4-12-32-23/h3-11,14,16-17,20,24H,12,15H2,1-2H3/b10-9+/t16-,17+,20-,24-,26-/m0/s1. The van der Waals surface area contributed by atoms with Gasteiger partial charge in [-0.05, 0) is 43.2 Å². The number of rotatable bonds is 4. The molecule has 8 heteroatoms. The smallest absolute Gasteiger partial charge is 0.319 e. The van der Waals surface area contributed by atoms with Crippen molar-refractivity contribution in [1.82, 2.24) is 9.97 Å². The molecule has 6 nitrogen and oxygen atoms in total. The summed E-state index contributed by atoms with van der Waals surface area (Å²) in [4.78, 5) is 25.9. The molecule has 0 radical (unpaired) electrons. The lowest BCUT2D eigenvalue weighted by Crippen LogP contribution is -2.56. The van der Waals surface area contributed by atoms with Crippen LogP contribution in [-0.4, -0.2) is 40.2 Å². The van der Waals surface area contributed by atoms with E-state index in [0.717, 1.165) is 5.56 Å². The summed E-state index contributed by atoms with van der Waals surface area (Å²) in [7, 11) is 0. The highest BCUT2D eigenvalue weighted by Gasteiger charge is 2.69. The van der Waals surface area contributed by atoms with Crippen LogP contribution in [0.25, 0.3) is 17.2 Å². The number of carbonyl (C=O) groups is 1. The van der Waals surface area contributed by atoms with Gasteiger partial charge < -0.3 is 4.74 Å². The molecule has 2 aliphatic heterocycles. The van der Waals surface area contributed by atoms with Crippen molar-refractivity contribution in [1.29, 1.82) is 5.26 Å². The molecule has 1 aliphatic carbocycles. The highest BCUT2D eigenvalue weighted by atomic mass is 19.3. The predicted molar refractivity (Wildman–Crippen MR) is 126 cm³/mol. The summed E-state index contributed by atoms with van der Waals surface area (Å²) in [6.07, 6.45) is 8.99. The molecule has 2 aromatic heterocycles. The predicted octanol–water partition coefficient (Wildman–Crippen LogP) is 4.88. The van der Waals surface area contributed by atoms with E-state index in [4.69, 9.17) is 4.74 Å². The molecule has 4 heterocycles. The summed E-state index contributed by atoms with van der Waals surface area (Å²) in [6.45, 7) is 3.69. The van der Waals surface area contributed by atoms with Gasteiger partial charge in [-0.2, -0.15) is 5.26 Å². The molecule has 35 heavy (non-hydrogen) atoms. The van der Waals surface area contributed by atoms with Crippen molar-refractivity contribution in [2.45, 2.75) is 32.3 Å². The third-order valence-corrected chi connectivity index (χ3v) is 7.50. The van der Waals surface area contributed by atoms with Crippen LogP contribution < -0.4 is 0 Å². The number of aromatic nitrogens is 2. The molecule has 178 valence electrons. The van der Waals surface area contributed by atoms with Crippen LogP contribution in [-0.2, 0) is 9.53 Å². The van der Waals surface area contributed by atoms with Gasteiger partial charge in [-0.25, -0.2) is 13.8 Å². The van der Waals surface area contributed by atoms with Crippen molar-refractivity contribution < 1.29 is 18.3 Å². The molecule has 3 aliphatic rings. The Balaban J connectivity index is 1.49. The number of nitriles is 1. The zero-order chi connectivity index (χ0) is 24.8. The zero-order valence-electron chi connectivity index (χ0n) is 19.4. The van der Waals surface area contributed by atoms with E-state index >= 15 is 8.78 Å². The van der Waals surface area contributed by atoms with Gasteiger partial charge in [0.05, 0.1) is 18.0 Å². The summed E-state index contributed by atoms with van der Waals surface area (Å²) in [5.74, 6) is -5.76. The summed E-state index contributed by atoms with van der Waals surface area (Å²) >= 11 is 0. The minimum atomic E-state index is -3.07. The Labute approximate surface area is 202 Å². The summed E-state index contributed by atoms with van der Waals surface area (Å²) in [5.41, 5.74) is 1.23. The van der Waals surface area contributed by atoms with E-state index in [0.29, 0.717) is 29.2 Å². The number of halogens is 2.